The average molecular weight is 341 g/mol. The number of carbonyl (C=O) groups excluding carboxylic acids is 1. The summed E-state index contributed by atoms with van der Waals surface area (Å²) in [5.74, 6) is -0.223. The second-order valence-electron chi connectivity index (χ2n) is 5.50. The van der Waals surface area contributed by atoms with Gasteiger partial charge in [0.15, 0.2) is 0 Å². The molecule has 0 saturated carbocycles. The highest BCUT2D eigenvalue weighted by Crippen LogP contribution is 2.19. The molecular weight excluding hydrogens is 318 g/mol. The summed E-state index contributed by atoms with van der Waals surface area (Å²) in [7, 11) is -2.19. The Morgan fingerprint density at radius 3 is 2.83 bits per heavy atom. The van der Waals surface area contributed by atoms with E-state index >= 15 is 0 Å². The van der Waals surface area contributed by atoms with Crippen molar-refractivity contribution >= 4 is 21.6 Å². The maximum absolute atomic E-state index is 11.9. The first-order valence-corrected chi connectivity index (χ1v) is 9.07. The number of ether oxygens (including phenoxy) is 1. The van der Waals surface area contributed by atoms with Gasteiger partial charge in [-0.2, -0.15) is 0 Å². The molecule has 8 heteroatoms. The van der Waals surface area contributed by atoms with Crippen LogP contribution in [0.4, 0.5) is 5.69 Å². The summed E-state index contributed by atoms with van der Waals surface area (Å²) in [5.41, 5.74) is 1.07. The number of benzene rings is 1. The number of hydrogen-bond donors (Lipinski definition) is 3. The Kier molecular flexibility index (Phi) is 6.11. The van der Waals surface area contributed by atoms with E-state index in [1.54, 1.807) is 19.1 Å². The molecule has 1 fully saturated rings. The van der Waals surface area contributed by atoms with Crippen molar-refractivity contribution in [2.24, 2.45) is 0 Å². The normalized spacial score (nSPS) is 18.1. The van der Waals surface area contributed by atoms with E-state index in [1.165, 1.54) is 13.1 Å². The fourth-order valence-electron chi connectivity index (χ4n) is 2.43. The maximum atomic E-state index is 11.9. The lowest BCUT2D eigenvalue weighted by atomic mass is 10.2. The van der Waals surface area contributed by atoms with E-state index in [-0.39, 0.29) is 23.5 Å². The number of rotatable bonds is 7. The van der Waals surface area contributed by atoms with Gasteiger partial charge in [-0.3, -0.25) is 4.79 Å². The lowest BCUT2D eigenvalue weighted by Crippen LogP contribution is -2.33. The molecule has 0 aliphatic carbocycles. The number of anilines is 1. The molecule has 23 heavy (non-hydrogen) atoms. The topological polar surface area (TPSA) is 96.5 Å². The van der Waals surface area contributed by atoms with Crippen LogP contribution in [0.2, 0.25) is 0 Å². The van der Waals surface area contributed by atoms with Crippen LogP contribution in [-0.4, -0.2) is 47.2 Å². The van der Waals surface area contributed by atoms with Gasteiger partial charge in [0, 0.05) is 18.8 Å². The highest BCUT2D eigenvalue weighted by molar-refractivity contribution is 7.89. The minimum absolute atomic E-state index is 0.155. The zero-order valence-corrected chi connectivity index (χ0v) is 14.2. The van der Waals surface area contributed by atoms with E-state index in [4.69, 9.17) is 4.74 Å². The van der Waals surface area contributed by atoms with Gasteiger partial charge in [0.2, 0.25) is 15.9 Å². The van der Waals surface area contributed by atoms with Crippen molar-refractivity contribution in [3.05, 3.63) is 23.8 Å². The molecular formula is C15H23N3O4S. The summed E-state index contributed by atoms with van der Waals surface area (Å²) < 4.78 is 31.6. The fraction of sp³-hybridized carbons (Fsp3) is 0.533. The Morgan fingerprint density at radius 2 is 2.17 bits per heavy atom. The van der Waals surface area contributed by atoms with E-state index in [9.17, 15) is 13.2 Å². The highest BCUT2D eigenvalue weighted by atomic mass is 32.2. The molecule has 1 aromatic carbocycles. The van der Waals surface area contributed by atoms with Gasteiger partial charge in [-0.25, -0.2) is 13.1 Å². The summed E-state index contributed by atoms with van der Waals surface area (Å²) in [6, 6.07) is 4.81. The van der Waals surface area contributed by atoms with Crippen molar-refractivity contribution in [3.8, 4) is 0 Å². The molecule has 1 aromatic rings. The number of hydrogen-bond acceptors (Lipinski definition) is 5. The Hall–Kier alpha value is -1.48. The smallest absolute Gasteiger partial charge is 0.240 e. The molecule has 1 heterocycles. The minimum atomic E-state index is -3.55. The Morgan fingerprint density at radius 1 is 1.39 bits per heavy atom. The molecule has 0 spiro atoms. The van der Waals surface area contributed by atoms with Gasteiger partial charge in [0.25, 0.3) is 0 Å². The molecule has 1 unspecified atom stereocenters. The molecule has 3 N–H and O–H groups in total. The molecule has 1 atom stereocenters. The molecule has 1 saturated heterocycles. The predicted octanol–water partition coefficient (Wildman–Crippen LogP) is 0.610. The van der Waals surface area contributed by atoms with Gasteiger partial charge < -0.3 is 15.4 Å². The summed E-state index contributed by atoms with van der Waals surface area (Å²) in [5, 5.41) is 5.74. The Bertz CT molecular complexity index is 655. The van der Waals surface area contributed by atoms with E-state index < -0.39 is 10.0 Å². The van der Waals surface area contributed by atoms with E-state index in [0.717, 1.165) is 19.4 Å². The van der Waals surface area contributed by atoms with Crippen LogP contribution in [0.3, 0.4) is 0 Å². The second-order valence-corrected chi connectivity index (χ2v) is 7.36. The van der Waals surface area contributed by atoms with Crippen LogP contribution in [0.1, 0.15) is 18.4 Å². The van der Waals surface area contributed by atoms with Gasteiger partial charge in [-0.1, -0.05) is 6.07 Å². The number of sulfonamides is 1. The Balaban J connectivity index is 1.91. The first-order chi connectivity index (χ1) is 10.9. The zero-order chi connectivity index (χ0) is 16.9. The number of nitrogens with one attached hydrogen (secondary N) is 3. The largest absolute Gasteiger partial charge is 0.377 e. The standard InChI is InChI=1S/C15H23N3O4S/c1-11-5-6-12(8-14(11)23(20,21)16-2)18-15(19)10-17-9-13-4-3-7-22-13/h5-6,8,13,16-17H,3-4,7,9-10H2,1-2H3,(H,18,19). The molecule has 0 bridgehead atoms. The predicted molar refractivity (Wildman–Crippen MR) is 87.9 cm³/mol. The van der Waals surface area contributed by atoms with Crippen molar-refractivity contribution in [2.45, 2.75) is 30.8 Å². The lowest BCUT2D eigenvalue weighted by molar-refractivity contribution is -0.115. The quantitative estimate of drug-likeness (QED) is 0.675. The van der Waals surface area contributed by atoms with E-state index in [1.807, 2.05) is 0 Å². The number of aryl methyl sites for hydroxylation is 1. The third-order valence-corrected chi connectivity index (χ3v) is 5.27. The highest BCUT2D eigenvalue weighted by Gasteiger charge is 2.17. The van der Waals surface area contributed by atoms with Gasteiger partial charge in [0.05, 0.1) is 17.5 Å². The van der Waals surface area contributed by atoms with Gasteiger partial charge in [0.1, 0.15) is 0 Å². The maximum Gasteiger partial charge on any atom is 0.240 e. The van der Waals surface area contributed by atoms with Gasteiger partial charge >= 0.3 is 0 Å². The van der Waals surface area contributed by atoms with E-state index in [0.29, 0.717) is 17.8 Å². The van der Waals surface area contributed by atoms with Crippen molar-refractivity contribution < 1.29 is 17.9 Å². The second kappa shape index (κ2) is 7.87. The molecule has 0 radical (unpaired) electrons. The van der Waals surface area contributed by atoms with Crippen molar-refractivity contribution in [1.82, 2.24) is 10.0 Å². The Labute approximate surface area is 136 Å². The minimum Gasteiger partial charge on any atom is -0.377 e. The first-order valence-electron chi connectivity index (χ1n) is 7.59. The van der Waals surface area contributed by atoms with Gasteiger partial charge in [-0.15, -0.1) is 0 Å². The molecule has 7 nitrogen and oxygen atoms in total. The van der Waals surface area contributed by atoms with Crippen LogP contribution in [0.15, 0.2) is 23.1 Å². The van der Waals surface area contributed by atoms with Crippen molar-refractivity contribution in [3.63, 3.8) is 0 Å². The monoisotopic (exact) mass is 341 g/mol. The van der Waals surface area contributed by atoms with Crippen LogP contribution in [0, 0.1) is 6.92 Å². The first kappa shape index (κ1) is 17.9. The molecule has 128 valence electrons. The summed E-state index contributed by atoms with van der Waals surface area (Å²) in [6.45, 7) is 3.28. The van der Waals surface area contributed by atoms with Crippen LogP contribution >= 0.6 is 0 Å². The zero-order valence-electron chi connectivity index (χ0n) is 13.4. The summed E-state index contributed by atoms with van der Waals surface area (Å²) in [6.07, 6.45) is 2.25. The van der Waals surface area contributed by atoms with Crippen molar-refractivity contribution in [2.75, 3.05) is 32.1 Å². The van der Waals surface area contributed by atoms with Gasteiger partial charge in [-0.05, 0) is 44.5 Å². The molecule has 0 aromatic heterocycles. The van der Waals surface area contributed by atoms with Crippen LogP contribution in [-0.2, 0) is 19.6 Å². The van der Waals surface area contributed by atoms with Crippen LogP contribution in [0.5, 0.6) is 0 Å². The fourth-order valence-corrected chi connectivity index (χ4v) is 3.43. The third-order valence-electron chi connectivity index (χ3n) is 3.71. The number of carbonyl (C=O) groups is 1. The number of amides is 1. The molecule has 2 rings (SSSR count). The van der Waals surface area contributed by atoms with Crippen LogP contribution in [0.25, 0.3) is 0 Å². The molecule has 1 aliphatic rings. The average Bonchev–Trinajstić information content (AvgIpc) is 3.02. The SMILES string of the molecule is CNS(=O)(=O)c1cc(NC(=O)CNCC2CCCO2)ccc1C. The summed E-state index contributed by atoms with van der Waals surface area (Å²) in [4.78, 5) is 12.1. The molecule has 1 amide bonds. The van der Waals surface area contributed by atoms with Crippen molar-refractivity contribution in [1.29, 1.82) is 0 Å². The third kappa shape index (κ3) is 5.00. The van der Waals surface area contributed by atoms with Crippen LogP contribution < -0.4 is 15.4 Å². The molecule has 1 aliphatic heterocycles. The summed E-state index contributed by atoms with van der Waals surface area (Å²) >= 11 is 0. The lowest BCUT2D eigenvalue weighted by Gasteiger charge is -2.12. The van der Waals surface area contributed by atoms with E-state index in [2.05, 4.69) is 15.4 Å².